The molecule has 0 aliphatic rings. The van der Waals surface area contributed by atoms with Gasteiger partial charge < -0.3 is 4.18 Å². The standard InChI is InChI=1S/C10H18OS/c1-5-8-10(4,9-6-2)12-11-7-3/h5-6,8-9H,7H2,1-4H3. The second-order valence-electron chi connectivity index (χ2n) is 2.67. The van der Waals surface area contributed by atoms with Crippen LogP contribution in [0.15, 0.2) is 24.3 Å². The van der Waals surface area contributed by atoms with E-state index in [2.05, 4.69) is 19.1 Å². The molecule has 1 nitrogen and oxygen atoms in total. The zero-order valence-electron chi connectivity index (χ0n) is 8.33. The Morgan fingerprint density at radius 1 is 1.25 bits per heavy atom. The highest BCUT2D eigenvalue weighted by atomic mass is 32.2. The fourth-order valence-electron chi connectivity index (χ4n) is 0.959. The summed E-state index contributed by atoms with van der Waals surface area (Å²) < 4.78 is 5.30. The minimum Gasteiger partial charge on any atom is -0.314 e. The summed E-state index contributed by atoms with van der Waals surface area (Å²) in [6.45, 7) is 8.92. The van der Waals surface area contributed by atoms with Crippen molar-refractivity contribution < 1.29 is 4.18 Å². The van der Waals surface area contributed by atoms with Crippen molar-refractivity contribution in [2.45, 2.75) is 32.4 Å². The average molecular weight is 186 g/mol. The van der Waals surface area contributed by atoms with Gasteiger partial charge in [0, 0.05) is 12.0 Å². The molecule has 0 aromatic heterocycles. The van der Waals surface area contributed by atoms with Crippen LogP contribution in [0.5, 0.6) is 0 Å². The van der Waals surface area contributed by atoms with Gasteiger partial charge in [0.2, 0.25) is 0 Å². The largest absolute Gasteiger partial charge is 0.314 e. The van der Waals surface area contributed by atoms with Crippen molar-refractivity contribution in [3.8, 4) is 0 Å². The molecule has 0 spiro atoms. The minimum atomic E-state index is -0.0144. The highest BCUT2D eigenvalue weighted by Gasteiger charge is 2.17. The van der Waals surface area contributed by atoms with Gasteiger partial charge in [0.15, 0.2) is 0 Å². The predicted octanol–water partition coefficient (Wildman–Crippen LogP) is 3.58. The second-order valence-corrected chi connectivity index (χ2v) is 3.96. The average Bonchev–Trinajstić information content (AvgIpc) is 2.02. The molecule has 0 saturated carbocycles. The van der Waals surface area contributed by atoms with Crippen LogP contribution in [0.4, 0.5) is 0 Å². The maximum Gasteiger partial charge on any atom is 0.0753 e. The zero-order valence-corrected chi connectivity index (χ0v) is 9.15. The molecule has 0 bridgehead atoms. The van der Waals surface area contributed by atoms with Crippen LogP contribution < -0.4 is 0 Å². The topological polar surface area (TPSA) is 9.23 Å². The van der Waals surface area contributed by atoms with Crippen molar-refractivity contribution in [2.24, 2.45) is 0 Å². The molecular weight excluding hydrogens is 168 g/mol. The molecular formula is C10H18OS. The van der Waals surface area contributed by atoms with E-state index in [0.29, 0.717) is 0 Å². The van der Waals surface area contributed by atoms with Gasteiger partial charge in [0.25, 0.3) is 0 Å². The molecule has 0 aliphatic heterocycles. The van der Waals surface area contributed by atoms with E-state index in [1.54, 1.807) is 0 Å². The number of hydrogen-bond donors (Lipinski definition) is 0. The molecule has 0 fully saturated rings. The summed E-state index contributed by atoms with van der Waals surface area (Å²) in [5, 5.41) is 0. The third kappa shape index (κ3) is 4.62. The Morgan fingerprint density at radius 3 is 2.08 bits per heavy atom. The van der Waals surface area contributed by atoms with Crippen LogP contribution in [-0.4, -0.2) is 11.4 Å². The molecule has 2 heteroatoms. The van der Waals surface area contributed by atoms with E-state index in [-0.39, 0.29) is 4.75 Å². The second kappa shape index (κ2) is 6.32. The first-order valence-electron chi connectivity index (χ1n) is 4.27. The van der Waals surface area contributed by atoms with Crippen LogP contribution in [0.1, 0.15) is 27.7 Å². The van der Waals surface area contributed by atoms with Gasteiger partial charge in [-0.15, -0.1) is 0 Å². The molecule has 0 atom stereocenters. The SMILES string of the molecule is CC=CC(C)(C=CC)SOCC. The van der Waals surface area contributed by atoms with Gasteiger partial charge in [-0.05, 0) is 27.7 Å². The van der Waals surface area contributed by atoms with Gasteiger partial charge in [-0.1, -0.05) is 24.3 Å². The molecule has 0 saturated heterocycles. The van der Waals surface area contributed by atoms with Crippen LogP contribution in [0.25, 0.3) is 0 Å². The maximum absolute atomic E-state index is 5.32. The van der Waals surface area contributed by atoms with Gasteiger partial charge >= 0.3 is 0 Å². The van der Waals surface area contributed by atoms with Crippen LogP contribution in [0.3, 0.4) is 0 Å². The summed E-state index contributed by atoms with van der Waals surface area (Å²) in [7, 11) is 0. The van der Waals surface area contributed by atoms with Crippen molar-refractivity contribution in [3.63, 3.8) is 0 Å². The molecule has 0 unspecified atom stereocenters. The Bertz CT molecular complexity index is 149. The lowest BCUT2D eigenvalue weighted by molar-refractivity contribution is 0.397. The van der Waals surface area contributed by atoms with Crippen LogP contribution >= 0.6 is 12.0 Å². The van der Waals surface area contributed by atoms with Crippen LogP contribution in [0, 0.1) is 0 Å². The Balaban J connectivity index is 4.18. The van der Waals surface area contributed by atoms with E-state index in [1.807, 2.05) is 32.9 Å². The quantitative estimate of drug-likeness (QED) is 0.479. The fourth-order valence-corrected chi connectivity index (χ4v) is 1.71. The normalized spacial score (nSPS) is 17.3. The first kappa shape index (κ1) is 11.8. The third-order valence-electron chi connectivity index (χ3n) is 1.35. The van der Waals surface area contributed by atoms with Gasteiger partial charge in [0.1, 0.15) is 0 Å². The summed E-state index contributed by atoms with van der Waals surface area (Å²) in [6.07, 6.45) is 8.36. The van der Waals surface area contributed by atoms with E-state index < -0.39 is 0 Å². The lowest BCUT2D eigenvalue weighted by Gasteiger charge is -2.19. The summed E-state index contributed by atoms with van der Waals surface area (Å²) in [4.78, 5) is 0. The smallest absolute Gasteiger partial charge is 0.0753 e. The monoisotopic (exact) mass is 186 g/mol. The van der Waals surface area contributed by atoms with Gasteiger partial charge in [-0.3, -0.25) is 0 Å². The molecule has 0 amide bonds. The lowest BCUT2D eigenvalue weighted by atomic mass is 10.1. The van der Waals surface area contributed by atoms with Gasteiger partial charge in [0.05, 0.1) is 11.4 Å². The van der Waals surface area contributed by atoms with Crippen molar-refractivity contribution >= 4 is 12.0 Å². The van der Waals surface area contributed by atoms with Crippen molar-refractivity contribution in [1.82, 2.24) is 0 Å². The van der Waals surface area contributed by atoms with E-state index in [4.69, 9.17) is 4.18 Å². The van der Waals surface area contributed by atoms with Crippen molar-refractivity contribution in [3.05, 3.63) is 24.3 Å². The number of allylic oxidation sites excluding steroid dienone is 2. The van der Waals surface area contributed by atoms with Crippen LogP contribution in [-0.2, 0) is 4.18 Å². The van der Waals surface area contributed by atoms with Crippen molar-refractivity contribution in [2.75, 3.05) is 6.61 Å². The summed E-state index contributed by atoms with van der Waals surface area (Å²) in [5.41, 5.74) is 0. The van der Waals surface area contributed by atoms with Gasteiger partial charge in [-0.25, -0.2) is 0 Å². The van der Waals surface area contributed by atoms with E-state index >= 15 is 0 Å². The Kier molecular flexibility index (Phi) is 6.21. The molecule has 0 rings (SSSR count). The van der Waals surface area contributed by atoms with E-state index in [0.717, 1.165) is 6.61 Å². The fraction of sp³-hybridized carbons (Fsp3) is 0.600. The van der Waals surface area contributed by atoms with Crippen LogP contribution in [0.2, 0.25) is 0 Å². The molecule has 0 radical (unpaired) electrons. The molecule has 0 aromatic carbocycles. The summed E-state index contributed by atoms with van der Waals surface area (Å²) >= 11 is 1.50. The number of hydrogen-bond acceptors (Lipinski definition) is 2. The predicted molar refractivity (Wildman–Crippen MR) is 57.3 cm³/mol. The van der Waals surface area contributed by atoms with Crippen molar-refractivity contribution in [1.29, 1.82) is 0 Å². The highest BCUT2D eigenvalue weighted by Crippen LogP contribution is 2.28. The Hall–Kier alpha value is -0.210. The highest BCUT2D eigenvalue weighted by molar-refractivity contribution is 7.96. The first-order valence-corrected chi connectivity index (χ1v) is 5.01. The summed E-state index contributed by atoms with van der Waals surface area (Å²) in [5.74, 6) is 0. The Labute approximate surface area is 80.1 Å². The summed E-state index contributed by atoms with van der Waals surface area (Å²) in [6, 6.07) is 0. The Morgan fingerprint density at radius 2 is 1.75 bits per heavy atom. The molecule has 12 heavy (non-hydrogen) atoms. The molecule has 0 aromatic rings. The number of rotatable bonds is 5. The molecule has 70 valence electrons. The van der Waals surface area contributed by atoms with E-state index in [1.165, 1.54) is 12.0 Å². The zero-order chi connectivity index (χ0) is 9.45. The molecule has 0 aliphatic carbocycles. The third-order valence-corrected chi connectivity index (χ3v) is 2.34. The van der Waals surface area contributed by atoms with Gasteiger partial charge in [-0.2, -0.15) is 0 Å². The minimum absolute atomic E-state index is 0.0144. The first-order chi connectivity index (χ1) is 5.68. The lowest BCUT2D eigenvalue weighted by Crippen LogP contribution is -2.13. The van der Waals surface area contributed by atoms with E-state index in [9.17, 15) is 0 Å². The molecule has 0 N–H and O–H groups in total. The molecule has 0 heterocycles. The maximum atomic E-state index is 5.32.